The summed E-state index contributed by atoms with van der Waals surface area (Å²) in [5, 5.41) is 0. The largest absolute Gasteiger partial charge is 0.345 e. The zero-order valence-corrected chi connectivity index (χ0v) is 6.99. The van der Waals surface area contributed by atoms with Crippen molar-refractivity contribution in [1.29, 1.82) is 0 Å². The highest BCUT2D eigenvalue weighted by atomic mass is 15.2. The maximum absolute atomic E-state index is 5.25. The number of benzene rings is 1. The molecular formula is C9H10N4. The second-order valence-electron chi connectivity index (χ2n) is 2.66. The molecule has 1 heterocycles. The van der Waals surface area contributed by atoms with Gasteiger partial charge in [0.25, 0.3) is 0 Å². The molecule has 0 aliphatic rings. The fraction of sp³-hybridized carbons (Fsp3) is 0. The molecule has 0 saturated carbocycles. The number of imidazole rings is 1. The second kappa shape index (κ2) is 3.28. The predicted octanol–water partition coefficient (Wildman–Crippen LogP) is 1.36. The van der Waals surface area contributed by atoms with Gasteiger partial charge in [-0.2, -0.15) is 0 Å². The van der Waals surface area contributed by atoms with E-state index < -0.39 is 0 Å². The molecule has 4 N–H and O–H groups in total. The van der Waals surface area contributed by atoms with E-state index in [0.29, 0.717) is 0 Å². The number of hydrazine groups is 1. The quantitative estimate of drug-likeness (QED) is 0.475. The van der Waals surface area contributed by atoms with Crippen molar-refractivity contribution in [3.63, 3.8) is 0 Å². The summed E-state index contributed by atoms with van der Waals surface area (Å²) >= 11 is 0. The number of nitrogens with zero attached hydrogens (tertiary/aromatic N) is 1. The van der Waals surface area contributed by atoms with E-state index in [1.807, 2.05) is 24.3 Å². The summed E-state index contributed by atoms with van der Waals surface area (Å²) in [6.45, 7) is 0. The predicted molar refractivity (Wildman–Crippen MR) is 51.8 cm³/mol. The zero-order valence-electron chi connectivity index (χ0n) is 6.99. The van der Waals surface area contributed by atoms with Crippen molar-refractivity contribution < 1.29 is 0 Å². The van der Waals surface area contributed by atoms with Crippen molar-refractivity contribution >= 4 is 5.69 Å². The van der Waals surface area contributed by atoms with Gasteiger partial charge in [-0.05, 0) is 24.3 Å². The Bertz CT molecular complexity index is 363. The summed E-state index contributed by atoms with van der Waals surface area (Å²) in [4.78, 5) is 7.16. The highest BCUT2D eigenvalue weighted by molar-refractivity contribution is 5.59. The minimum atomic E-state index is 0.864. The average molecular weight is 174 g/mol. The van der Waals surface area contributed by atoms with Crippen LogP contribution in [0.15, 0.2) is 36.7 Å². The van der Waals surface area contributed by atoms with Gasteiger partial charge in [0, 0.05) is 23.6 Å². The number of rotatable bonds is 2. The summed E-state index contributed by atoms with van der Waals surface area (Å²) in [7, 11) is 0. The molecule has 0 radical (unpaired) electrons. The van der Waals surface area contributed by atoms with Gasteiger partial charge in [-0.25, -0.2) is 4.98 Å². The lowest BCUT2D eigenvalue weighted by Gasteiger charge is -2.00. The zero-order chi connectivity index (χ0) is 9.10. The van der Waals surface area contributed by atoms with Gasteiger partial charge in [-0.1, -0.05) is 0 Å². The molecule has 0 saturated heterocycles. The number of H-pyrrole nitrogens is 1. The fourth-order valence-electron chi connectivity index (χ4n) is 1.15. The van der Waals surface area contributed by atoms with E-state index in [2.05, 4.69) is 15.4 Å². The molecule has 1 aromatic carbocycles. The number of nitrogen functional groups attached to an aromatic ring is 1. The first-order valence-corrected chi connectivity index (χ1v) is 3.96. The molecule has 13 heavy (non-hydrogen) atoms. The smallest absolute Gasteiger partial charge is 0.137 e. The summed E-state index contributed by atoms with van der Waals surface area (Å²) in [5.41, 5.74) is 4.50. The van der Waals surface area contributed by atoms with Crippen LogP contribution in [0.2, 0.25) is 0 Å². The van der Waals surface area contributed by atoms with E-state index in [4.69, 9.17) is 5.84 Å². The maximum Gasteiger partial charge on any atom is 0.137 e. The molecule has 66 valence electrons. The molecule has 0 unspecified atom stereocenters. The Morgan fingerprint density at radius 1 is 1.23 bits per heavy atom. The Labute approximate surface area is 75.8 Å². The molecule has 0 bridgehead atoms. The van der Waals surface area contributed by atoms with Gasteiger partial charge in [-0.3, -0.25) is 5.84 Å². The first-order chi connectivity index (χ1) is 6.40. The van der Waals surface area contributed by atoms with Crippen LogP contribution in [0.3, 0.4) is 0 Å². The third-order valence-electron chi connectivity index (χ3n) is 1.82. The van der Waals surface area contributed by atoms with E-state index in [9.17, 15) is 0 Å². The van der Waals surface area contributed by atoms with Crippen LogP contribution in [0.4, 0.5) is 5.69 Å². The van der Waals surface area contributed by atoms with E-state index >= 15 is 0 Å². The van der Waals surface area contributed by atoms with Gasteiger partial charge in [0.2, 0.25) is 0 Å². The number of hydrogen-bond acceptors (Lipinski definition) is 3. The van der Waals surface area contributed by atoms with Crippen molar-refractivity contribution in [3.8, 4) is 11.4 Å². The van der Waals surface area contributed by atoms with Crippen molar-refractivity contribution in [2.24, 2.45) is 5.84 Å². The van der Waals surface area contributed by atoms with Crippen molar-refractivity contribution in [1.82, 2.24) is 9.97 Å². The molecule has 0 spiro atoms. The van der Waals surface area contributed by atoms with Crippen molar-refractivity contribution in [3.05, 3.63) is 36.7 Å². The topological polar surface area (TPSA) is 66.7 Å². The lowest BCUT2D eigenvalue weighted by molar-refractivity contribution is 1.30. The molecule has 0 aliphatic carbocycles. The minimum Gasteiger partial charge on any atom is -0.345 e. The first kappa shape index (κ1) is 7.82. The first-order valence-electron chi connectivity index (χ1n) is 3.96. The lowest BCUT2D eigenvalue weighted by Crippen LogP contribution is -2.05. The summed E-state index contributed by atoms with van der Waals surface area (Å²) in [6, 6.07) is 7.71. The number of anilines is 1. The van der Waals surface area contributed by atoms with Crippen LogP contribution >= 0.6 is 0 Å². The Kier molecular flexibility index (Phi) is 1.97. The van der Waals surface area contributed by atoms with E-state index in [1.54, 1.807) is 12.4 Å². The molecule has 0 fully saturated rings. The standard InChI is InChI=1S/C9H10N4/c10-13-8-3-1-7(2-4-8)9-11-5-6-12-9/h1-6,13H,10H2,(H,11,12). The normalized spacial score (nSPS) is 9.92. The Morgan fingerprint density at radius 2 is 2.00 bits per heavy atom. The lowest BCUT2D eigenvalue weighted by atomic mass is 10.2. The Morgan fingerprint density at radius 3 is 2.54 bits per heavy atom. The van der Waals surface area contributed by atoms with Gasteiger partial charge in [0.05, 0.1) is 0 Å². The second-order valence-corrected chi connectivity index (χ2v) is 2.66. The van der Waals surface area contributed by atoms with Crippen LogP contribution in [-0.4, -0.2) is 9.97 Å². The fourth-order valence-corrected chi connectivity index (χ4v) is 1.15. The number of aromatic nitrogens is 2. The van der Waals surface area contributed by atoms with Crippen LogP contribution in [0.5, 0.6) is 0 Å². The SMILES string of the molecule is NNc1ccc(-c2ncc[nH]2)cc1. The number of nitrogens with one attached hydrogen (secondary N) is 2. The van der Waals surface area contributed by atoms with Crippen LogP contribution < -0.4 is 11.3 Å². The molecule has 2 aromatic rings. The van der Waals surface area contributed by atoms with Gasteiger partial charge in [0.1, 0.15) is 5.82 Å². The number of hydrogen-bond donors (Lipinski definition) is 3. The van der Waals surface area contributed by atoms with Gasteiger partial charge in [0.15, 0.2) is 0 Å². The molecular weight excluding hydrogens is 164 g/mol. The van der Waals surface area contributed by atoms with E-state index in [1.165, 1.54) is 0 Å². The maximum atomic E-state index is 5.25. The van der Waals surface area contributed by atoms with Crippen LogP contribution in [0.1, 0.15) is 0 Å². The molecule has 2 rings (SSSR count). The third-order valence-corrected chi connectivity index (χ3v) is 1.82. The molecule has 4 nitrogen and oxygen atoms in total. The molecule has 0 atom stereocenters. The van der Waals surface area contributed by atoms with Crippen molar-refractivity contribution in [2.45, 2.75) is 0 Å². The highest BCUT2D eigenvalue weighted by Crippen LogP contribution is 2.16. The molecule has 1 aromatic heterocycles. The molecule has 4 heteroatoms. The number of aromatic amines is 1. The van der Waals surface area contributed by atoms with E-state index in [-0.39, 0.29) is 0 Å². The van der Waals surface area contributed by atoms with Crippen LogP contribution in [-0.2, 0) is 0 Å². The Hall–Kier alpha value is -1.81. The Balaban J connectivity index is 2.33. The van der Waals surface area contributed by atoms with Gasteiger partial charge < -0.3 is 10.4 Å². The van der Waals surface area contributed by atoms with Gasteiger partial charge >= 0.3 is 0 Å². The van der Waals surface area contributed by atoms with Gasteiger partial charge in [-0.15, -0.1) is 0 Å². The average Bonchev–Trinajstić information content (AvgIpc) is 2.71. The number of nitrogens with two attached hydrogens (primary N) is 1. The summed E-state index contributed by atoms with van der Waals surface area (Å²) in [6.07, 6.45) is 3.52. The minimum absolute atomic E-state index is 0.864. The van der Waals surface area contributed by atoms with Crippen LogP contribution in [0.25, 0.3) is 11.4 Å². The molecule has 0 amide bonds. The molecule has 0 aliphatic heterocycles. The van der Waals surface area contributed by atoms with E-state index in [0.717, 1.165) is 17.1 Å². The summed E-state index contributed by atoms with van der Waals surface area (Å²) in [5.74, 6) is 6.11. The highest BCUT2D eigenvalue weighted by Gasteiger charge is 1.97. The summed E-state index contributed by atoms with van der Waals surface area (Å²) < 4.78 is 0. The van der Waals surface area contributed by atoms with Crippen LogP contribution in [0, 0.1) is 0 Å². The van der Waals surface area contributed by atoms with Crippen molar-refractivity contribution in [2.75, 3.05) is 5.43 Å². The monoisotopic (exact) mass is 174 g/mol. The third kappa shape index (κ3) is 1.52.